The molecule has 0 aliphatic heterocycles. The molecule has 0 saturated carbocycles. The van der Waals surface area contributed by atoms with Crippen molar-refractivity contribution in [1.82, 2.24) is 9.88 Å². The van der Waals surface area contributed by atoms with Crippen molar-refractivity contribution in [1.29, 1.82) is 0 Å². The van der Waals surface area contributed by atoms with Gasteiger partial charge in [0.15, 0.2) is 6.61 Å². The summed E-state index contributed by atoms with van der Waals surface area (Å²) in [5.74, 6) is -1.38. The van der Waals surface area contributed by atoms with Crippen LogP contribution >= 0.6 is 0 Å². The minimum Gasteiger partial charge on any atom is -0.457 e. The van der Waals surface area contributed by atoms with E-state index < -0.39 is 16.8 Å². The highest BCUT2D eigenvalue weighted by Gasteiger charge is 2.18. The van der Waals surface area contributed by atoms with Crippen molar-refractivity contribution in [2.75, 3.05) is 13.2 Å². The lowest BCUT2D eigenvalue weighted by molar-refractivity contribution is -0.384. The van der Waals surface area contributed by atoms with Crippen LogP contribution in [0.4, 0.5) is 5.69 Å². The van der Waals surface area contributed by atoms with Gasteiger partial charge in [-0.2, -0.15) is 0 Å². The summed E-state index contributed by atoms with van der Waals surface area (Å²) in [5.41, 5.74) is 3.48. The molecule has 1 aromatic heterocycles. The van der Waals surface area contributed by atoms with Crippen molar-refractivity contribution >= 4 is 23.3 Å². The molecular weight excluding hydrogens is 438 g/mol. The van der Waals surface area contributed by atoms with Gasteiger partial charge >= 0.3 is 5.97 Å². The number of rotatable bonds is 10. The number of amides is 1. The zero-order chi connectivity index (χ0) is 24.7. The van der Waals surface area contributed by atoms with E-state index >= 15 is 0 Å². The highest BCUT2D eigenvalue weighted by Crippen LogP contribution is 2.18. The van der Waals surface area contributed by atoms with Crippen LogP contribution in [0, 0.1) is 24.0 Å². The number of benzene rings is 2. The number of aryl methyl sites for hydroxylation is 1. The summed E-state index contributed by atoms with van der Waals surface area (Å²) < 4.78 is 7.13. The summed E-state index contributed by atoms with van der Waals surface area (Å²) in [6, 6.07) is 16.8. The second-order valence-corrected chi connectivity index (χ2v) is 7.75. The molecule has 1 amide bonds. The SMILES string of the molecule is Cc1cc(C(=O)COC(=O)CCNC(=O)c2ccc([N+](=O)[O-])cc2)c(C)n1Cc1ccccc1. The summed E-state index contributed by atoms with van der Waals surface area (Å²) in [4.78, 5) is 46.8. The molecule has 0 unspecified atom stereocenters. The molecule has 0 saturated heterocycles. The maximum Gasteiger partial charge on any atom is 0.308 e. The Morgan fingerprint density at radius 1 is 1.03 bits per heavy atom. The first-order valence-electron chi connectivity index (χ1n) is 10.7. The van der Waals surface area contributed by atoms with Crippen LogP contribution in [0.25, 0.3) is 0 Å². The number of nitro groups is 1. The lowest BCUT2D eigenvalue weighted by atomic mass is 10.1. The number of hydrogen-bond donors (Lipinski definition) is 1. The van der Waals surface area contributed by atoms with Gasteiger partial charge in [0, 0.05) is 47.7 Å². The van der Waals surface area contributed by atoms with Gasteiger partial charge in [-0.1, -0.05) is 30.3 Å². The molecule has 34 heavy (non-hydrogen) atoms. The second-order valence-electron chi connectivity index (χ2n) is 7.75. The third-order valence-electron chi connectivity index (χ3n) is 5.38. The van der Waals surface area contributed by atoms with Gasteiger partial charge in [-0.05, 0) is 37.6 Å². The molecule has 0 bridgehead atoms. The largest absolute Gasteiger partial charge is 0.457 e. The summed E-state index contributed by atoms with van der Waals surface area (Å²) >= 11 is 0. The van der Waals surface area contributed by atoms with Gasteiger partial charge < -0.3 is 14.6 Å². The molecule has 9 heteroatoms. The number of nitrogens with zero attached hydrogens (tertiary/aromatic N) is 2. The molecular formula is C25H25N3O6. The first-order valence-corrected chi connectivity index (χ1v) is 10.7. The number of non-ortho nitro benzene ring substituents is 1. The van der Waals surface area contributed by atoms with E-state index in [1.807, 2.05) is 48.7 Å². The predicted octanol–water partition coefficient (Wildman–Crippen LogP) is 3.61. The van der Waals surface area contributed by atoms with E-state index in [0.717, 1.165) is 17.0 Å². The number of esters is 1. The Kier molecular flexibility index (Phi) is 7.92. The molecule has 0 fully saturated rings. The Balaban J connectivity index is 1.46. The second kappa shape index (κ2) is 11.0. The monoisotopic (exact) mass is 463 g/mol. The predicted molar refractivity (Wildman–Crippen MR) is 125 cm³/mol. The fourth-order valence-corrected chi connectivity index (χ4v) is 3.50. The number of ether oxygens (including phenoxy) is 1. The maximum absolute atomic E-state index is 12.6. The van der Waals surface area contributed by atoms with Crippen molar-refractivity contribution in [2.24, 2.45) is 0 Å². The van der Waals surface area contributed by atoms with Crippen LogP contribution in [0.1, 0.15) is 44.1 Å². The maximum atomic E-state index is 12.6. The van der Waals surface area contributed by atoms with Crippen LogP contribution in [0.2, 0.25) is 0 Å². The first-order chi connectivity index (χ1) is 16.3. The average molecular weight is 463 g/mol. The Hall–Kier alpha value is -4.27. The number of aromatic nitrogens is 1. The molecule has 2 aromatic carbocycles. The summed E-state index contributed by atoms with van der Waals surface area (Å²) in [6.07, 6.45) is -0.112. The molecule has 0 spiro atoms. The van der Waals surface area contributed by atoms with Crippen molar-refractivity contribution in [3.63, 3.8) is 0 Å². The normalized spacial score (nSPS) is 10.5. The highest BCUT2D eigenvalue weighted by atomic mass is 16.6. The Morgan fingerprint density at radius 3 is 2.35 bits per heavy atom. The fraction of sp³-hybridized carbons (Fsp3) is 0.240. The van der Waals surface area contributed by atoms with Crippen LogP contribution in [0.5, 0.6) is 0 Å². The van der Waals surface area contributed by atoms with E-state index in [0.29, 0.717) is 12.1 Å². The van der Waals surface area contributed by atoms with E-state index in [2.05, 4.69) is 5.32 Å². The topological polar surface area (TPSA) is 121 Å². The van der Waals surface area contributed by atoms with Gasteiger partial charge in [0.25, 0.3) is 11.6 Å². The van der Waals surface area contributed by atoms with Crippen molar-refractivity contribution in [3.05, 3.63) is 98.9 Å². The minimum absolute atomic E-state index is 0.00837. The quantitative estimate of drug-likeness (QED) is 0.212. The smallest absolute Gasteiger partial charge is 0.308 e. The number of ketones is 1. The lowest BCUT2D eigenvalue weighted by Gasteiger charge is -2.10. The van der Waals surface area contributed by atoms with Crippen molar-refractivity contribution in [2.45, 2.75) is 26.8 Å². The van der Waals surface area contributed by atoms with E-state index in [9.17, 15) is 24.5 Å². The first kappa shape index (κ1) is 24.4. The highest BCUT2D eigenvalue weighted by molar-refractivity contribution is 5.99. The van der Waals surface area contributed by atoms with Crippen LogP contribution < -0.4 is 5.32 Å². The average Bonchev–Trinajstić information content (AvgIpc) is 3.11. The number of nitrogens with one attached hydrogen (secondary N) is 1. The van der Waals surface area contributed by atoms with Crippen molar-refractivity contribution < 1.29 is 24.0 Å². The Labute approximate surface area is 196 Å². The molecule has 3 aromatic rings. The van der Waals surface area contributed by atoms with Gasteiger partial charge in [0.2, 0.25) is 5.78 Å². The van der Waals surface area contributed by atoms with Crippen LogP contribution in [-0.2, 0) is 16.1 Å². The van der Waals surface area contributed by atoms with Crippen molar-refractivity contribution in [3.8, 4) is 0 Å². The number of Topliss-reactive ketones (excluding diaryl/α,β-unsaturated/α-hetero) is 1. The summed E-state index contributed by atoms with van der Waals surface area (Å²) in [5, 5.41) is 13.2. The van der Waals surface area contributed by atoms with E-state index in [1.165, 1.54) is 24.3 Å². The van der Waals surface area contributed by atoms with Gasteiger partial charge in [0.05, 0.1) is 11.3 Å². The zero-order valence-corrected chi connectivity index (χ0v) is 18.9. The molecule has 0 aliphatic carbocycles. The van der Waals surface area contributed by atoms with Gasteiger partial charge in [-0.15, -0.1) is 0 Å². The molecule has 0 atom stereocenters. The van der Waals surface area contributed by atoms with Gasteiger partial charge in [0.1, 0.15) is 0 Å². The van der Waals surface area contributed by atoms with Crippen LogP contribution in [-0.4, -0.2) is 40.3 Å². The fourth-order valence-electron chi connectivity index (χ4n) is 3.50. The summed E-state index contributed by atoms with van der Waals surface area (Å²) in [6.45, 7) is 4.05. The van der Waals surface area contributed by atoms with E-state index in [-0.39, 0.29) is 36.6 Å². The van der Waals surface area contributed by atoms with Gasteiger partial charge in [-0.25, -0.2) is 0 Å². The number of carbonyl (C=O) groups is 3. The molecule has 0 aliphatic rings. The van der Waals surface area contributed by atoms with E-state index in [4.69, 9.17) is 4.74 Å². The third-order valence-corrected chi connectivity index (χ3v) is 5.38. The minimum atomic E-state index is -0.615. The lowest BCUT2D eigenvalue weighted by Crippen LogP contribution is -2.27. The standard InChI is InChI=1S/C25H25N3O6/c1-17-14-22(18(2)27(17)15-19-6-4-3-5-7-19)23(29)16-34-24(30)12-13-26-25(31)20-8-10-21(11-9-20)28(32)33/h3-11,14H,12-13,15-16H2,1-2H3,(H,26,31). The van der Waals surface area contributed by atoms with Gasteiger partial charge in [-0.3, -0.25) is 24.5 Å². The molecule has 1 heterocycles. The summed E-state index contributed by atoms with van der Waals surface area (Å²) in [7, 11) is 0. The zero-order valence-electron chi connectivity index (χ0n) is 18.9. The molecule has 0 radical (unpaired) electrons. The third kappa shape index (κ3) is 6.16. The number of hydrogen-bond acceptors (Lipinski definition) is 6. The number of nitro benzene ring substituents is 1. The van der Waals surface area contributed by atoms with Crippen LogP contribution in [0.3, 0.4) is 0 Å². The molecule has 3 rings (SSSR count). The number of carbonyl (C=O) groups excluding carboxylic acids is 3. The Bertz CT molecular complexity index is 1200. The molecule has 1 N–H and O–H groups in total. The van der Waals surface area contributed by atoms with Crippen LogP contribution in [0.15, 0.2) is 60.7 Å². The molecule has 9 nitrogen and oxygen atoms in total. The van der Waals surface area contributed by atoms with E-state index in [1.54, 1.807) is 6.07 Å². The molecule has 176 valence electrons. The Morgan fingerprint density at radius 2 is 1.71 bits per heavy atom.